The van der Waals surface area contributed by atoms with E-state index >= 15 is 0 Å². The van der Waals surface area contributed by atoms with Gasteiger partial charge in [0.05, 0.1) is 10.6 Å². The summed E-state index contributed by atoms with van der Waals surface area (Å²) in [5, 5.41) is 20.4. The fourth-order valence-electron chi connectivity index (χ4n) is 1.98. The van der Waals surface area contributed by atoms with E-state index in [-0.39, 0.29) is 28.9 Å². The number of aromatic hydroxyl groups is 1. The first-order chi connectivity index (χ1) is 8.52. The van der Waals surface area contributed by atoms with Gasteiger partial charge in [-0.05, 0) is 17.7 Å². The van der Waals surface area contributed by atoms with Gasteiger partial charge in [0.25, 0.3) is 5.69 Å². The number of carbonyl (C=O) groups excluding carboxylic acids is 1. The zero-order valence-electron chi connectivity index (χ0n) is 9.44. The molecule has 1 fully saturated rings. The lowest BCUT2D eigenvalue weighted by atomic mass is 10.1. The lowest BCUT2D eigenvalue weighted by Crippen LogP contribution is -2.24. The number of nitro benzene ring substituents is 1. The highest BCUT2D eigenvalue weighted by Gasteiger charge is 2.31. The molecule has 0 aromatic heterocycles. The predicted octanol–water partition coefficient (Wildman–Crippen LogP) is 1.58. The molecule has 1 unspecified atom stereocenters. The molecular formula is C11H12N2O4S. The van der Waals surface area contributed by atoms with Gasteiger partial charge >= 0.3 is 0 Å². The van der Waals surface area contributed by atoms with Crippen LogP contribution in [0.4, 0.5) is 11.4 Å². The Morgan fingerprint density at radius 1 is 1.56 bits per heavy atom. The Morgan fingerprint density at radius 3 is 2.83 bits per heavy atom. The molecule has 18 heavy (non-hydrogen) atoms. The van der Waals surface area contributed by atoms with Gasteiger partial charge in [-0.3, -0.25) is 14.9 Å². The fourth-order valence-corrected chi connectivity index (χ4v) is 2.22. The molecule has 0 saturated carbocycles. The van der Waals surface area contributed by atoms with Crippen LogP contribution in [0.2, 0.25) is 0 Å². The zero-order chi connectivity index (χ0) is 13.3. The van der Waals surface area contributed by atoms with Crippen molar-refractivity contribution in [3.8, 4) is 5.75 Å². The number of benzene rings is 1. The summed E-state index contributed by atoms with van der Waals surface area (Å²) >= 11 is 4.14. The maximum Gasteiger partial charge on any atom is 0.271 e. The van der Waals surface area contributed by atoms with E-state index in [2.05, 4.69) is 12.6 Å². The minimum atomic E-state index is -0.556. The monoisotopic (exact) mass is 268 g/mol. The van der Waals surface area contributed by atoms with Gasteiger partial charge in [0, 0.05) is 25.1 Å². The van der Waals surface area contributed by atoms with Gasteiger partial charge < -0.3 is 10.0 Å². The van der Waals surface area contributed by atoms with E-state index < -0.39 is 4.92 Å². The predicted molar refractivity (Wildman–Crippen MR) is 69.1 cm³/mol. The highest BCUT2D eigenvalue weighted by Crippen LogP contribution is 2.35. The molecule has 2 rings (SSSR count). The first kappa shape index (κ1) is 12.7. The molecule has 1 amide bonds. The van der Waals surface area contributed by atoms with Crippen LogP contribution in [0.5, 0.6) is 5.75 Å². The Morgan fingerprint density at radius 2 is 2.28 bits per heavy atom. The van der Waals surface area contributed by atoms with Crippen LogP contribution in [0.3, 0.4) is 0 Å². The quantitative estimate of drug-likeness (QED) is 0.495. The van der Waals surface area contributed by atoms with Crippen LogP contribution in [-0.2, 0) is 4.79 Å². The molecule has 0 spiro atoms. The third-order valence-corrected chi connectivity index (χ3v) is 3.44. The molecule has 7 heteroatoms. The summed E-state index contributed by atoms with van der Waals surface area (Å²) in [7, 11) is 0. The molecule has 96 valence electrons. The number of non-ortho nitro benzene ring substituents is 1. The number of nitrogens with zero attached hydrogens (tertiary/aromatic N) is 2. The highest BCUT2D eigenvalue weighted by molar-refractivity contribution is 7.80. The lowest BCUT2D eigenvalue weighted by molar-refractivity contribution is -0.384. The van der Waals surface area contributed by atoms with Crippen LogP contribution in [-0.4, -0.2) is 28.2 Å². The third-order valence-electron chi connectivity index (χ3n) is 2.92. The second kappa shape index (κ2) is 4.85. The molecule has 1 aromatic carbocycles. The van der Waals surface area contributed by atoms with Crippen molar-refractivity contribution in [2.75, 3.05) is 17.2 Å². The summed E-state index contributed by atoms with van der Waals surface area (Å²) in [4.78, 5) is 23.3. The molecule has 1 heterocycles. The summed E-state index contributed by atoms with van der Waals surface area (Å²) in [6, 6.07) is 3.65. The Bertz CT molecular complexity index is 506. The standard InChI is InChI=1S/C11H12N2O4S/c14-10-2-1-8(13(16)17)4-9(10)12-5-7(6-18)3-11(12)15/h1-2,4,7,14,18H,3,5-6H2. The number of thiol groups is 1. The van der Waals surface area contributed by atoms with Crippen molar-refractivity contribution in [1.82, 2.24) is 0 Å². The molecule has 6 nitrogen and oxygen atoms in total. The summed E-state index contributed by atoms with van der Waals surface area (Å²) < 4.78 is 0. The number of rotatable bonds is 3. The second-order valence-electron chi connectivity index (χ2n) is 4.19. The van der Waals surface area contributed by atoms with E-state index in [1.54, 1.807) is 0 Å². The minimum absolute atomic E-state index is 0.111. The van der Waals surface area contributed by atoms with E-state index in [1.807, 2.05) is 0 Å². The van der Waals surface area contributed by atoms with E-state index in [4.69, 9.17) is 0 Å². The molecule has 0 bridgehead atoms. The van der Waals surface area contributed by atoms with Crippen molar-refractivity contribution >= 4 is 29.9 Å². The molecule has 1 aliphatic rings. The maximum absolute atomic E-state index is 11.8. The van der Waals surface area contributed by atoms with Crippen LogP contribution < -0.4 is 4.90 Å². The molecule has 0 aliphatic carbocycles. The molecule has 1 atom stereocenters. The molecule has 0 radical (unpaired) electrons. The summed E-state index contributed by atoms with van der Waals surface area (Å²) in [6.45, 7) is 0.428. The van der Waals surface area contributed by atoms with Gasteiger partial charge in [0.15, 0.2) is 0 Å². The largest absolute Gasteiger partial charge is 0.506 e. The average molecular weight is 268 g/mol. The normalized spacial score (nSPS) is 19.3. The number of nitro groups is 1. The van der Waals surface area contributed by atoms with E-state index in [1.165, 1.54) is 23.1 Å². The molecule has 1 saturated heterocycles. The second-order valence-corrected chi connectivity index (χ2v) is 4.55. The molecule has 1 aliphatic heterocycles. The smallest absolute Gasteiger partial charge is 0.271 e. The molecular weight excluding hydrogens is 256 g/mol. The summed E-state index contributed by atoms with van der Waals surface area (Å²) in [6.07, 6.45) is 0.353. The number of phenols is 1. The van der Waals surface area contributed by atoms with Crippen molar-refractivity contribution in [3.05, 3.63) is 28.3 Å². The van der Waals surface area contributed by atoms with Crippen molar-refractivity contribution < 1.29 is 14.8 Å². The third kappa shape index (κ3) is 2.26. The SMILES string of the molecule is O=C1CC(CS)CN1c1cc([N+](=O)[O-])ccc1O. The van der Waals surface area contributed by atoms with E-state index in [0.717, 1.165) is 0 Å². The van der Waals surface area contributed by atoms with Crippen molar-refractivity contribution in [2.45, 2.75) is 6.42 Å². The van der Waals surface area contributed by atoms with Crippen LogP contribution in [0.1, 0.15) is 6.42 Å². The van der Waals surface area contributed by atoms with Gasteiger partial charge in [-0.1, -0.05) is 0 Å². The average Bonchev–Trinajstić information content (AvgIpc) is 2.71. The minimum Gasteiger partial charge on any atom is -0.506 e. The maximum atomic E-state index is 11.8. The molecule has 1 aromatic rings. The van der Waals surface area contributed by atoms with Crippen molar-refractivity contribution in [1.29, 1.82) is 0 Å². The highest BCUT2D eigenvalue weighted by atomic mass is 32.1. The van der Waals surface area contributed by atoms with Crippen LogP contribution in [0, 0.1) is 16.0 Å². The van der Waals surface area contributed by atoms with E-state index in [9.17, 15) is 20.0 Å². The van der Waals surface area contributed by atoms with Gasteiger partial charge in [0.2, 0.25) is 5.91 Å². The first-order valence-corrected chi connectivity index (χ1v) is 6.04. The number of hydrogen-bond acceptors (Lipinski definition) is 5. The summed E-state index contributed by atoms with van der Waals surface area (Å²) in [5.41, 5.74) is 0.0448. The van der Waals surface area contributed by atoms with Gasteiger partial charge in [-0.25, -0.2) is 0 Å². The Hall–Kier alpha value is -1.76. The Kier molecular flexibility index (Phi) is 3.42. The number of carbonyl (C=O) groups is 1. The van der Waals surface area contributed by atoms with E-state index in [0.29, 0.717) is 18.7 Å². The number of amides is 1. The van der Waals surface area contributed by atoms with Crippen LogP contribution >= 0.6 is 12.6 Å². The topological polar surface area (TPSA) is 83.7 Å². The van der Waals surface area contributed by atoms with Gasteiger partial charge in [0.1, 0.15) is 5.75 Å². The molecule has 1 N–H and O–H groups in total. The number of hydrogen-bond donors (Lipinski definition) is 2. The lowest BCUT2D eigenvalue weighted by Gasteiger charge is -2.17. The fraction of sp³-hybridized carbons (Fsp3) is 0.364. The van der Waals surface area contributed by atoms with Gasteiger partial charge in [-0.2, -0.15) is 12.6 Å². The van der Waals surface area contributed by atoms with Crippen LogP contribution in [0.15, 0.2) is 18.2 Å². The zero-order valence-corrected chi connectivity index (χ0v) is 10.3. The summed E-state index contributed by atoms with van der Waals surface area (Å²) in [5.74, 6) is 0.399. The van der Waals surface area contributed by atoms with Gasteiger partial charge in [-0.15, -0.1) is 0 Å². The van der Waals surface area contributed by atoms with Crippen molar-refractivity contribution in [2.24, 2.45) is 5.92 Å². The number of anilines is 1. The Balaban J connectivity index is 2.35. The Labute approximate surface area is 109 Å². The first-order valence-electron chi connectivity index (χ1n) is 5.41. The van der Waals surface area contributed by atoms with Crippen molar-refractivity contribution in [3.63, 3.8) is 0 Å². The van der Waals surface area contributed by atoms with Crippen LogP contribution in [0.25, 0.3) is 0 Å². The number of phenolic OH excluding ortho intramolecular Hbond substituents is 1.